The lowest BCUT2D eigenvalue weighted by atomic mass is 10.3. The number of carbonyl (C=O) groups is 1. The van der Waals surface area contributed by atoms with Crippen LogP contribution in [-0.2, 0) is 9.53 Å². The Morgan fingerprint density at radius 3 is 2.72 bits per heavy atom. The molecule has 0 saturated carbocycles. The second kappa shape index (κ2) is 7.06. The van der Waals surface area contributed by atoms with E-state index in [-0.39, 0.29) is 12.6 Å². The molecule has 0 radical (unpaired) electrons. The van der Waals surface area contributed by atoms with E-state index in [4.69, 9.17) is 9.47 Å². The van der Waals surface area contributed by atoms with Gasteiger partial charge in [-0.1, -0.05) is 6.07 Å². The highest BCUT2D eigenvalue weighted by atomic mass is 79.9. The van der Waals surface area contributed by atoms with Gasteiger partial charge in [-0.2, -0.15) is 0 Å². The molecule has 0 heterocycles. The number of hydrogen-bond donors (Lipinski definition) is 0. The lowest BCUT2D eigenvalue weighted by Gasteiger charge is -2.10. The van der Waals surface area contributed by atoms with Gasteiger partial charge in [0.15, 0.2) is 11.5 Å². The Bertz CT molecular complexity index is 454. The van der Waals surface area contributed by atoms with Crippen LogP contribution in [0.25, 0.3) is 0 Å². The van der Waals surface area contributed by atoms with Crippen molar-refractivity contribution in [2.24, 2.45) is 0 Å². The summed E-state index contributed by atoms with van der Waals surface area (Å²) in [5.41, 5.74) is 0.503. The van der Waals surface area contributed by atoms with Crippen molar-refractivity contribution in [3.05, 3.63) is 34.3 Å². The highest BCUT2D eigenvalue weighted by molar-refractivity contribution is 9.10. The van der Waals surface area contributed by atoms with Crippen molar-refractivity contribution in [2.45, 2.75) is 6.92 Å². The molecule has 0 aromatic heterocycles. The van der Waals surface area contributed by atoms with Crippen molar-refractivity contribution < 1.29 is 19.0 Å². The van der Waals surface area contributed by atoms with Gasteiger partial charge in [-0.15, -0.1) is 0 Å². The van der Waals surface area contributed by atoms with E-state index in [0.29, 0.717) is 17.1 Å². The van der Waals surface area contributed by atoms with Gasteiger partial charge in [-0.25, -0.2) is 4.79 Å². The summed E-state index contributed by atoms with van der Waals surface area (Å²) in [4.78, 5) is 11.2. The number of ether oxygens (including phenoxy) is 3. The monoisotopic (exact) mass is 314 g/mol. The molecule has 0 bridgehead atoms. The van der Waals surface area contributed by atoms with Gasteiger partial charge in [0.05, 0.1) is 18.7 Å². The Labute approximate surface area is 115 Å². The number of benzene rings is 1. The normalized spacial score (nSPS) is 11.0. The Morgan fingerprint density at radius 1 is 1.39 bits per heavy atom. The Balaban J connectivity index is 2.72. The van der Waals surface area contributed by atoms with Crippen LogP contribution < -0.4 is 9.47 Å². The van der Waals surface area contributed by atoms with Gasteiger partial charge in [0, 0.05) is 5.57 Å². The van der Waals surface area contributed by atoms with Crippen LogP contribution in [0.2, 0.25) is 0 Å². The van der Waals surface area contributed by atoms with Gasteiger partial charge in [0.1, 0.15) is 6.61 Å². The highest BCUT2D eigenvalue weighted by Crippen LogP contribution is 2.34. The fraction of sp³-hybridized carbons (Fsp3) is 0.308. The summed E-state index contributed by atoms with van der Waals surface area (Å²) >= 11 is 3.38. The predicted octanol–water partition coefficient (Wildman–Crippen LogP) is 2.96. The molecular formula is C13H15BrO4. The molecule has 0 aliphatic rings. The van der Waals surface area contributed by atoms with Crippen molar-refractivity contribution in [3.63, 3.8) is 0 Å². The van der Waals surface area contributed by atoms with Gasteiger partial charge >= 0.3 is 5.97 Å². The van der Waals surface area contributed by atoms with Gasteiger partial charge in [-0.05, 0) is 41.1 Å². The minimum absolute atomic E-state index is 0.264. The van der Waals surface area contributed by atoms with Crippen LogP contribution in [-0.4, -0.2) is 26.8 Å². The lowest BCUT2D eigenvalue weighted by molar-refractivity contribution is -0.136. The molecule has 0 N–H and O–H groups in total. The predicted molar refractivity (Wildman–Crippen MR) is 72.0 cm³/mol. The quantitative estimate of drug-likeness (QED) is 0.619. The fourth-order valence-corrected chi connectivity index (χ4v) is 1.75. The number of hydrogen-bond acceptors (Lipinski definition) is 4. The van der Waals surface area contributed by atoms with Gasteiger partial charge in [0.2, 0.25) is 0 Å². The molecule has 1 aromatic carbocycles. The van der Waals surface area contributed by atoms with E-state index < -0.39 is 0 Å². The maximum atomic E-state index is 11.2. The van der Waals surface area contributed by atoms with Crippen molar-refractivity contribution in [3.8, 4) is 11.5 Å². The number of rotatable bonds is 5. The van der Waals surface area contributed by atoms with E-state index in [1.807, 2.05) is 12.1 Å². The van der Waals surface area contributed by atoms with Gasteiger partial charge < -0.3 is 14.2 Å². The summed E-state index contributed by atoms with van der Waals surface area (Å²) in [5.74, 6) is 0.875. The first-order valence-electron chi connectivity index (χ1n) is 5.30. The van der Waals surface area contributed by atoms with E-state index in [1.165, 1.54) is 7.11 Å². The van der Waals surface area contributed by atoms with Crippen LogP contribution in [0.4, 0.5) is 0 Å². The van der Waals surface area contributed by atoms with Crippen LogP contribution in [0.5, 0.6) is 11.5 Å². The Kier molecular flexibility index (Phi) is 5.71. The molecule has 0 fully saturated rings. The molecule has 0 aliphatic carbocycles. The van der Waals surface area contributed by atoms with Crippen LogP contribution in [0.3, 0.4) is 0 Å². The molecule has 0 atom stereocenters. The third-order valence-electron chi connectivity index (χ3n) is 2.28. The minimum atomic E-state index is -0.363. The summed E-state index contributed by atoms with van der Waals surface area (Å²) in [6.45, 7) is 1.94. The molecule has 0 unspecified atom stereocenters. The number of para-hydroxylation sites is 1. The van der Waals surface area contributed by atoms with Crippen molar-refractivity contribution in [1.29, 1.82) is 0 Å². The zero-order valence-corrected chi connectivity index (χ0v) is 12.1. The molecular weight excluding hydrogens is 300 g/mol. The molecule has 0 spiro atoms. The molecule has 1 rings (SSSR count). The summed E-state index contributed by atoms with van der Waals surface area (Å²) in [6.07, 6.45) is 1.66. The molecule has 98 valence electrons. The molecule has 4 nitrogen and oxygen atoms in total. The maximum Gasteiger partial charge on any atom is 0.333 e. The average Bonchev–Trinajstić information content (AvgIpc) is 2.39. The number of esters is 1. The second-order valence-electron chi connectivity index (χ2n) is 3.46. The Morgan fingerprint density at radius 2 is 2.11 bits per heavy atom. The molecule has 1 aromatic rings. The topological polar surface area (TPSA) is 44.8 Å². The smallest absolute Gasteiger partial charge is 0.333 e. The van der Waals surface area contributed by atoms with Crippen LogP contribution >= 0.6 is 15.9 Å². The van der Waals surface area contributed by atoms with Gasteiger partial charge in [-0.3, -0.25) is 0 Å². The minimum Gasteiger partial charge on any atom is -0.493 e. The van der Waals surface area contributed by atoms with Crippen LogP contribution in [0, 0.1) is 0 Å². The van der Waals surface area contributed by atoms with Crippen molar-refractivity contribution in [2.75, 3.05) is 20.8 Å². The van der Waals surface area contributed by atoms with Gasteiger partial charge in [0.25, 0.3) is 0 Å². The third kappa shape index (κ3) is 3.77. The summed E-state index contributed by atoms with van der Waals surface area (Å²) in [5, 5.41) is 0. The van der Waals surface area contributed by atoms with Crippen LogP contribution in [0.15, 0.2) is 34.3 Å². The number of methoxy groups -OCH3 is 2. The van der Waals surface area contributed by atoms with Crippen LogP contribution in [0.1, 0.15) is 6.92 Å². The standard InChI is InChI=1S/C13H15BrO4/c1-9(13(15)17-3)7-8-18-12-10(14)5-4-6-11(12)16-2/h4-7H,8H2,1-3H3/b9-7+. The third-order valence-corrected chi connectivity index (χ3v) is 2.90. The maximum absolute atomic E-state index is 11.2. The zero-order valence-electron chi connectivity index (χ0n) is 10.5. The van der Waals surface area contributed by atoms with E-state index >= 15 is 0 Å². The SMILES string of the molecule is COC(=O)/C(C)=C/COc1c(Br)cccc1OC. The average molecular weight is 315 g/mol. The highest BCUT2D eigenvalue weighted by Gasteiger charge is 2.08. The number of halogens is 1. The molecule has 5 heteroatoms. The summed E-state index contributed by atoms with van der Waals surface area (Å²) in [7, 11) is 2.92. The molecule has 0 aliphatic heterocycles. The number of carbonyl (C=O) groups excluding carboxylic acids is 1. The first-order chi connectivity index (χ1) is 8.60. The fourth-order valence-electron chi connectivity index (χ4n) is 1.28. The molecule has 0 saturated heterocycles. The van der Waals surface area contributed by atoms with Crippen molar-refractivity contribution >= 4 is 21.9 Å². The van der Waals surface area contributed by atoms with E-state index in [2.05, 4.69) is 20.7 Å². The van der Waals surface area contributed by atoms with E-state index in [1.54, 1.807) is 26.2 Å². The lowest BCUT2D eigenvalue weighted by Crippen LogP contribution is -2.04. The largest absolute Gasteiger partial charge is 0.493 e. The summed E-state index contributed by atoms with van der Waals surface area (Å²) in [6, 6.07) is 5.51. The van der Waals surface area contributed by atoms with E-state index in [0.717, 1.165) is 4.47 Å². The molecule has 18 heavy (non-hydrogen) atoms. The first kappa shape index (κ1) is 14.6. The second-order valence-corrected chi connectivity index (χ2v) is 4.32. The summed E-state index contributed by atoms with van der Waals surface area (Å²) < 4.78 is 16.1. The van der Waals surface area contributed by atoms with Crippen molar-refractivity contribution in [1.82, 2.24) is 0 Å². The molecule has 0 amide bonds. The zero-order chi connectivity index (χ0) is 13.5. The first-order valence-corrected chi connectivity index (χ1v) is 6.09. The van der Waals surface area contributed by atoms with E-state index in [9.17, 15) is 4.79 Å². The Hall–Kier alpha value is -1.49.